The van der Waals surface area contributed by atoms with Crippen LogP contribution in [-0.2, 0) is 0 Å². The number of aromatic nitrogens is 2. The van der Waals surface area contributed by atoms with Gasteiger partial charge in [0.25, 0.3) is 5.91 Å². The number of benzene rings is 2. The number of carbonyl (C=O) groups is 1. The summed E-state index contributed by atoms with van der Waals surface area (Å²) in [5, 5.41) is 6.51. The minimum atomic E-state index is -0.352. The lowest BCUT2D eigenvalue weighted by molar-refractivity contribution is 0.102. The molecular formula is C20H19ClN4O2. The van der Waals surface area contributed by atoms with E-state index >= 15 is 0 Å². The summed E-state index contributed by atoms with van der Waals surface area (Å²) in [5.74, 6) is 1.21. The zero-order valence-corrected chi connectivity index (χ0v) is 15.7. The Labute approximate surface area is 162 Å². The Hall–Kier alpha value is -3.12. The van der Waals surface area contributed by atoms with Crippen LogP contribution >= 0.6 is 11.6 Å². The highest BCUT2D eigenvalue weighted by molar-refractivity contribution is 6.33. The van der Waals surface area contributed by atoms with Crippen LogP contribution in [0.1, 0.15) is 23.2 Å². The molecule has 1 amide bonds. The third-order valence-corrected chi connectivity index (χ3v) is 3.97. The van der Waals surface area contributed by atoms with Crippen LogP contribution in [0.25, 0.3) is 0 Å². The fourth-order valence-corrected chi connectivity index (χ4v) is 2.67. The quantitative estimate of drug-likeness (QED) is 0.638. The number of amides is 1. The first kappa shape index (κ1) is 18.7. The fraction of sp³-hybridized carbons (Fsp3) is 0.150. The molecule has 0 saturated carbocycles. The Morgan fingerprint density at radius 1 is 1.07 bits per heavy atom. The maximum Gasteiger partial charge on any atom is 0.274 e. The number of nitrogens with zero attached hydrogens (tertiary/aromatic N) is 2. The van der Waals surface area contributed by atoms with Crippen LogP contribution in [0.4, 0.5) is 17.2 Å². The highest BCUT2D eigenvalue weighted by Gasteiger charge is 2.14. The second kappa shape index (κ2) is 8.51. The minimum Gasteiger partial charge on any atom is -0.492 e. The molecule has 0 spiro atoms. The second-order valence-corrected chi connectivity index (χ2v) is 6.08. The largest absolute Gasteiger partial charge is 0.492 e. The summed E-state index contributed by atoms with van der Waals surface area (Å²) in [6.45, 7) is 4.12. The Balaban J connectivity index is 1.83. The van der Waals surface area contributed by atoms with Crippen molar-refractivity contribution in [2.45, 2.75) is 13.8 Å². The molecule has 7 heteroatoms. The van der Waals surface area contributed by atoms with E-state index in [4.69, 9.17) is 16.3 Å². The molecule has 27 heavy (non-hydrogen) atoms. The molecule has 0 bridgehead atoms. The number of hydrogen-bond acceptors (Lipinski definition) is 5. The smallest absolute Gasteiger partial charge is 0.274 e. The van der Waals surface area contributed by atoms with Gasteiger partial charge in [0, 0.05) is 6.07 Å². The Bertz CT molecular complexity index is 962. The average Bonchev–Trinajstić information content (AvgIpc) is 2.65. The summed E-state index contributed by atoms with van der Waals surface area (Å²) >= 11 is 6.17. The van der Waals surface area contributed by atoms with Crippen molar-refractivity contribution < 1.29 is 9.53 Å². The zero-order valence-electron chi connectivity index (χ0n) is 15.0. The number of anilines is 3. The Morgan fingerprint density at radius 2 is 1.78 bits per heavy atom. The van der Waals surface area contributed by atoms with Crippen molar-refractivity contribution in [1.82, 2.24) is 9.97 Å². The first-order valence-electron chi connectivity index (χ1n) is 8.47. The number of rotatable bonds is 6. The third-order valence-electron chi connectivity index (χ3n) is 3.64. The van der Waals surface area contributed by atoms with Crippen molar-refractivity contribution >= 4 is 34.7 Å². The molecule has 2 N–H and O–H groups in total. The van der Waals surface area contributed by atoms with E-state index in [1.165, 1.54) is 0 Å². The molecule has 0 aliphatic heterocycles. The summed E-state index contributed by atoms with van der Waals surface area (Å²) in [6, 6.07) is 16.1. The van der Waals surface area contributed by atoms with Crippen LogP contribution in [0.3, 0.4) is 0 Å². The van der Waals surface area contributed by atoms with Gasteiger partial charge in [-0.3, -0.25) is 4.79 Å². The number of nitrogens with one attached hydrogen (secondary N) is 2. The fourth-order valence-electron chi connectivity index (χ4n) is 2.49. The van der Waals surface area contributed by atoms with E-state index in [2.05, 4.69) is 20.6 Å². The molecule has 0 saturated heterocycles. The molecule has 0 atom stereocenters. The summed E-state index contributed by atoms with van der Waals surface area (Å²) in [4.78, 5) is 21.2. The van der Waals surface area contributed by atoms with Crippen LogP contribution in [0.5, 0.6) is 5.75 Å². The van der Waals surface area contributed by atoms with Gasteiger partial charge in [-0.15, -0.1) is 0 Å². The number of halogens is 1. The van der Waals surface area contributed by atoms with Gasteiger partial charge in [-0.05, 0) is 38.1 Å². The molecule has 138 valence electrons. The molecule has 3 aromatic rings. The van der Waals surface area contributed by atoms with E-state index in [-0.39, 0.29) is 11.6 Å². The van der Waals surface area contributed by atoms with Crippen molar-refractivity contribution in [3.8, 4) is 5.75 Å². The van der Waals surface area contributed by atoms with Gasteiger partial charge in [-0.2, -0.15) is 0 Å². The van der Waals surface area contributed by atoms with E-state index in [0.29, 0.717) is 40.4 Å². The highest BCUT2D eigenvalue weighted by atomic mass is 35.5. The monoisotopic (exact) mass is 382 g/mol. The maximum absolute atomic E-state index is 12.7. The van der Waals surface area contributed by atoms with Crippen LogP contribution in [-0.4, -0.2) is 22.5 Å². The normalized spacial score (nSPS) is 10.3. The van der Waals surface area contributed by atoms with Crippen LogP contribution in [0.15, 0.2) is 54.6 Å². The molecule has 0 aliphatic carbocycles. The molecular weight excluding hydrogens is 364 g/mol. The van der Waals surface area contributed by atoms with Gasteiger partial charge in [0.2, 0.25) is 0 Å². The zero-order chi connectivity index (χ0) is 19.2. The summed E-state index contributed by atoms with van der Waals surface area (Å²) < 4.78 is 5.54. The van der Waals surface area contributed by atoms with Gasteiger partial charge in [0.1, 0.15) is 23.1 Å². The lowest BCUT2D eigenvalue weighted by atomic mass is 10.2. The topological polar surface area (TPSA) is 76.1 Å². The maximum atomic E-state index is 12.7. The molecule has 6 nitrogen and oxygen atoms in total. The molecule has 0 fully saturated rings. The van der Waals surface area contributed by atoms with E-state index < -0.39 is 0 Å². The van der Waals surface area contributed by atoms with Crippen LogP contribution in [0.2, 0.25) is 5.02 Å². The molecule has 0 radical (unpaired) electrons. The van der Waals surface area contributed by atoms with E-state index in [1.54, 1.807) is 31.2 Å². The number of hydrogen-bond donors (Lipinski definition) is 2. The van der Waals surface area contributed by atoms with Gasteiger partial charge in [0.05, 0.1) is 23.0 Å². The van der Waals surface area contributed by atoms with Gasteiger partial charge >= 0.3 is 0 Å². The number of para-hydroxylation sites is 3. The number of carbonyl (C=O) groups excluding carboxylic acids is 1. The van der Waals surface area contributed by atoms with E-state index in [9.17, 15) is 4.79 Å². The highest BCUT2D eigenvalue weighted by Crippen LogP contribution is 2.26. The van der Waals surface area contributed by atoms with Crippen LogP contribution < -0.4 is 15.4 Å². The van der Waals surface area contributed by atoms with Crippen molar-refractivity contribution in [2.24, 2.45) is 0 Å². The minimum absolute atomic E-state index is 0.239. The van der Waals surface area contributed by atoms with Gasteiger partial charge in [0.15, 0.2) is 0 Å². The summed E-state index contributed by atoms with van der Waals surface area (Å²) in [6.07, 6.45) is 0. The molecule has 0 aliphatic rings. The standard InChI is InChI=1S/C20H19ClN4O2/c1-3-27-18-11-7-6-10-16(18)25-20(26)17-12-19(23-13(2)22-17)24-15-9-5-4-8-14(15)21/h4-12H,3H2,1-2H3,(H,25,26)(H,22,23,24). The van der Waals surface area contributed by atoms with Gasteiger partial charge in [-0.25, -0.2) is 9.97 Å². The predicted molar refractivity (Wildman–Crippen MR) is 107 cm³/mol. The summed E-state index contributed by atoms with van der Waals surface area (Å²) in [5.41, 5.74) is 1.52. The SMILES string of the molecule is CCOc1ccccc1NC(=O)c1cc(Nc2ccccc2Cl)nc(C)n1. The average molecular weight is 383 g/mol. The van der Waals surface area contributed by atoms with Gasteiger partial charge in [-0.1, -0.05) is 35.9 Å². The van der Waals surface area contributed by atoms with E-state index in [0.717, 1.165) is 0 Å². The lowest BCUT2D eigenvalue weighted by Gasteiger charge is -2.12. The molecule has 0 unspecified atom stereocenters. The lowest BCUT2D eigenvalue weighted by Crippen LogP contribution is -2.16. The van der Waals surface area contributed by atoms with Crippen LogP contribution in [0, 0.1) is 6.92 Å². The second-order valence-electron chi connectivity index (χ2n) is 5.67. The Kier molecular flexibility index (Phi) is 5.88. The summed E-state index contributed by atoms with van der Waals surface area (Å²) in [7, 11) is 0. The van der Waals surface area contributed by atoms with Crippen molar-refractivity contribution in [3.05, 3.63) is 71.1 Å². The molecule has 1 aromatic heterocycles. The Morgan fingerprint density at radius 3 is 2.52 bits per heavy atom. The first-order valence-corrected chi connectivity index (χ1v) is 8.85. The van der Waals surface area contributed by atoms with Gasteiger partial charge < -0.3 is 15.4 Å². The van der Waals surface area contributed by atoms with Crippen molar-refractivity contribution in [2.75, 3.05) is 17.2 Å². The van der Waals surface area contributed by atoms with Crippen molar-refractivity contribution in [3.63, 3.8) is 0 Å². The molecule has 1 heterocycles. The number of aryl methyl sites for hydroxylation is 1. The van der Waals surface area contributed by atoms with E-state index in [1.807, 2.05) is 37.3 Å². The molecule has 2 aromatic carbocycles. The predicted octanol–water partition coefficient (Wildman–Crippen LogP) is 4.83. The first-order chi connectivity index (χ1) is 13.1. The number of ether oxygens (including phenoxy) is 1. The van der Waals surface area contributed by atoms with Crippen molar-refractivity contribution in [1.29, 1.82) is 0 Å². The third kappa shape index (κ3) is 4.74. The molecule has 3 rings (SSSR count).